The Hall–Kier alpha value is -2.24. The average molecular weight is 358 g/mol. The molecule has 6 nitrogen and oxygen atoms in total. The molecular weight excluding hydrogens is 328 g/mol. The van der Waals surface area contributed by atoms with Gasteiger partial charge in [0.15, 0.2) is 5.96 Å². The van der Waals surface area contributed by atoms with Gasteiger partial charge in [-0.25, -0.2) is 4.79 Å². The van der Waals surface area contributed by atoms with Crippen molar-refractivity contribution in [3.63, 3.8) is 0 Å². The maximum Gasteiger partial charge on any atom is 0.411 e. The zero-order chi connectivity index (χ0) is 18.4. The normalized spacial score (nSPS) is 19.5. The molecule has 142 valence electrons. The molecule has 1 aromatic carbocycles. The van der Waals surface area contributed by atoms with Crippen LogP contribution in [0.4, 0.5) is 10.5 Å². The van der Waals surface area contributed by atoms with Crippen LogP contribution in [0.3, 0.4) is 0 Å². The van der Waals surface area contributed by atoms with Crippen LogP contribution in [-0.2, 0) is 11.3 Å². The minimum Gasteiger partial charge on any atom is -0.453 e. The number of methoxy groups -OCH3 is 1. The van der Waals surface area contributed by atoms with E-state index >= 15 is 0 Å². The largest absolute Gasteiger partial charge is 0.453 e. The van der Waals surface area contributed by atoms with Crippen LogP contribution in [0.5, 0.6) is 0 Å². The van der Waals surface area contributed by atoms with E-state index < -0.39 is 6.09 Å². The summed E-state index contributed by atoms with van der Waals surface area (Å²) in [5.41, 5.74) is 2.40. The van der Waals surface area contributed by atoms with E-state index in [0.29, 0.717) is 12.0 Å². The fraction of sp³-hybridized carbons (Fsp3) is 0.600. The third kappa shape index (κ3) is 4.48. The van der Waals surface area contributed by atoms with Gasteiger partial charge in [-0.2, -0.15) is 0 Å². The Morgan fingerprint density at radius 2 is 1.92 bits per heavy atom. The lowest BCUT2D eigenvalue weighted by molar-refractivity contribution is 0.187. The first-order valence-corrected chi connectivity index (χ1v) is 9.54. The van der Waals surface area contributed by atoms with Gasteiger partial charge in [0.2, 0.25) is 0 Å². The first-order valence-electron chi connectivity index (χ1n) is 9.54. The lowest BCUT2D eigenvalue weighted by Gasteiger charge is -2.33. The molecular formula is C20H30N4O2. The van der Waals surface area contributed by atoms with Crippen LogP contribution in [0.2, 0.25) is 0 Å². The predicted molar refractivity (Wildman–Crippen MR) is 104 cm³/mol. The fourth-order valence-electron chi connectivity index (χ4n) is 4.21. The van der Waals surface area contributed by atoms with E-state index in [0.717, 1.165) is 30.3 Å². The number of hydrogen-bond donors (Lipinski definition) is 2. The molecule has 6 heteroatoms. The molecule has 1 aliphatic carbocycles. The number of aliphatic imine (C=N–C) groups is 1. The summed E-state index contributed by atoms with van der Waals surface area (Å²) in [6, 6.07) is 7.75. The summed E-state index contributed by atoms with van der Waals surface area (Å²) in [7, 11) is 3.21. The van der Waals surface area contributed by atoms with Crippen LogP contribution < -0.4 is 10.6 Å². The van der Waals surface area contributed by atoms with E-state index in [1.807, 2.05) is 31.3 Å². The smallest absolute Gasteiger partial charge is 0.411 e. The van der Waals surface area contributed by atoms with Crippen molar-refractivity contribution in [2.24, 2.45) is 10.4 Å². The van der Waals surface area contributed by atoms with Crippen molar-refractivity contribution in [2.45, 2.75) is 45.1 Å². The summed E-state index contributed by atoms with van der Waals surface area (Å²) < 4.78 is 4.60. The number of ether oxygens (including phenoxy) is 1. The number of nitrogens with one attached hydrogen (secondary N) is 2. The number of carbonyl (C=O) groups excluding carboxylic acids is 1. The van der Waals surface area contributed by atoms with Gasteiger partial charge in [0.05, 0.1) is 7.11 Å². The van der Waals surface area contributed by atoms with E-state index in [9.17, 15) is 4.79 Å². The second-order valence-corrected chi connectivity index (χ2v) is 7.45. The number of nitrogens with zero attached hydrogens (tertiary/aromatic N) is 2. The third-order valence-corrected chi connectivity index (χ3v) is 5.70. The molecule has 2 N–H and O–H groups in total. The third-order valence-electron chi connectivity index (χ3n) is 5.70. The van der Waals surface area contributed by atoms with Gasteiger partial charge in [-0.15, -0.1) is 0 Å². The number of rotatable bonds is 3. The van der Waals surface area contributed by atoms with Crippen molar-refractivity contribution in [2.75, 3.05) is 32.6 Å². The van der Waals surface area contributed by atoms with Crippen molar-refractivity contribution in [1.29, 1.82) is 0 Å². The Labute approximate surface area is 156 Å². The van der Waals surface area contributed by atoms with Crippen LogP contribution in [0, 0.1) is 5.41 Å². The number of amides is 1. The number of carbonyl (C=O) groups is 1. The maximum absolute atomic E-state index is 11.2. The predicted octanol–water partition coefficient (Wildman–Crippen LogP) is 3.60. The highest BCUT2D eigenvalue weighted by molar-refractivity contribution is 5.84. The first kappa shape index (κ1) is 18.5. The summed E-state index contributed by atoms with van der Waals surface area (Å²) >= 11 is 0. The molecule has 1 heterocycles. The Bertz CT molecular complexity index is 636. The standard InChI is InChI=1S/C20H30N4O2/c1-21-18(24-13-12-20(15-24)10-4-3-5-11-20)22-14-16-6-8-17(9-7-16)23-19(25)26-2/h6-9H,3-5,10-15H2,1-2H3,(H,21,22)(H,23,25). The van der Waals surface area contributed by atoms with E-state index in [-0.39, 0.29) is 0 Å². The molecule has 0 aromatic heterocycles. The van der Waals surface area contributed by atoms with Gasteiger partial charge in [-0.05, 0) is 42.4 Å². The van der Waals surface area contributed by atoms with Gasteiger partial charge in [0, 0.05) is 32.4 Å². The van der Waals surface area contributed by atoms with Crippen LogP contribution in [0.15, 0.2) is 29.3 Å². The zero-order valence-corrected chi connectivity index (χ0v) is 15.9. The molecule has 0 atom stereocenters. The average Bonchev–Trinajstić information content (AvgIpc) is 3.07. The molecule has 1 amide bonds. The summed E-state index contributed by atoms with van der Waals surface area (Å²) in [5, 5.41) is 6.14. The molecule has 0 radical (unpaired) electrons. The quantitative estimate of drug-likeness (QED) is 0.640. The molecule has 0 unspecified atom stereocenters. The van der Waals surface area contributed by atoms with Crippen LogP contribution >= 0.6 is 0 Å². The summed E-state index contributed by atoms with van der Waals surface area (Å²) in [5.74, 6) is 0.990. The zero-order valence-electron chi connectivity index (χ0n) is 15.9. The summed E-state index contributed by atoms with van der Waals surface area (Å²) in [4.78, 5) is 18.1. The number of likely N-dealkylation sites (tertiary alicyclic amines) is 1. The first-order chi connectivity index (χ1) is 12.6. The number of benzene rings is 1. The molecule has 1 spiro atoms. The number of guanidine groups is 1. The van der Waals surface area contributed by atoms with Crippen molar-refractivity contribution in [3.8, 4) is 0 Å². The molecule has 1 aromatic rings. The van der Waals surface area contributed by atoms with Crippen LogP contribution in [0.25, 0.3) is 0 Å². The van der Waals surface area contributed by atoms with Gasteiger partial charge in [0.1, 0.15) is 0 Å². The highest BCUT2D eigenvalue weighted by atomic mass is 16.5. The molecule has 1 saturated heterocycles. The second kappa shape index (κ2) is 8.43. The summed E-state index contributed by atoms with van der Waals surface area (Å²) in [6.07, 6.45) is 7.74. The van der Waals surface area contributed by atoms with Crippen molar-refractivity contribution >= 4 is 17.7 Å². The van der Waals surface area contributed by atoms with E-state index in [4.69, 9.17) is 0 Å². The van der Waals surface area contributed by atoms with Gasteiger partial charge in [-0.3, -0.25) is 10.3 Å². The molecule has 26 heavy (non-hydrogen) atoms. The monoisotopic (exact) mass is 358 g/mol. The molecule has 2 fully saturated rings. The van der Waals surface area contributed by atoms with E-state index in [1.54, 1.807) is 0 Å². The van der Waals surface area contributed by atoms with E-state index in [1.165, 1.54) is 45.6 Å². The molecule has 2 aliphatic rings. The maximum atomic E-state index is 11.2. The molecule has 3 rings (SSSR count). The molecule has 0 bridgehead atoms. The lowest BCUT2D eigenvalue weighted by Crippen LogP contribution is -2.41. The van der Waals surface area contributed by atoms with Crippen LogP contribution in [-0.4, -0.2) is 44.2 Å². The molecule has 1 aliphatic heterocycles. The Morgan fingerprint density at radius 3 is 2.58 bits per heavy atom. The Balaban J connectivity index is 1.52. The lowest BCUT2D eigenvalue weighted by atomic mass is 9.73. The topological polar surface area (TPSA) is 66.0 Å². The highest BCUT2D eigenvalue weighted by Gasteiger charge is 2.39. The number of hydrogen-bond acceptors (Lipinski definition) is 3. The van der Waals surface area contributed by atoms with E-state index in [2.05, 4.69) is 25.3 Å². The minimum atomic E-state index is -0.457. The van der Waals surface area contributed by atoms with Gasteiger partial charge in [-0.1, -0.05) is 31.4 Å². The second-order valence-electron chi connectivity index (χ2n) is 7.45. The SMILES string of the molecule is CN=C(NCc1ccc(NC(=O)OC)cc1)N1CCC2(CCCCC2)C1. The number of anilines is 1. The van der Waals surface area contributed by atoms with Gasteiger partial charge >= 0.3 is 6.09 Å². The van der Waals surface area contributed by atoms with Crippen LogP contribution in [0.1, 0.15) is 44.1 Å². The molecule has 1 saturated carbocycles. The highest BCUT2D eigenvalue weighted by Crippen LogP contribution is 2.43. The van der Waals surface area contributed by atoms with Crippen molar-refractivity contribution in [1.82, 2.24) is 10.2 Å². The Kier molecular flexibility index (Phi) is 6.01. The minimum absolute atomic E-state index is 0.457. The van der Waals surface area contributed by atoms with Crippen molar-refractivity contribution < 1.29 is 9.53 Å². The van der Waals surface area contributed by atoms with Gasteiger partial charge in [0.25, 0.3) is 0 Å². The summed E-state index contributed by atoms with van der Waals surface area (Å²) in [6.45, 7) is 2.95. The fourth-order valence-corrected chi connectivity index (χ4v) is 4.21. The Morgan fingerprint density at radius 1 is 1.19 bits per heavy atom. The van der Waals surface area contributed by atoms with Crippen molar-refractivity contribution in [3.05, 3.63) is 29.8 Å². The van der Waals surface area contributed by atoms with Gasteiger partial charge < -0.3 is 15.0 Å².